The molecule has 0 radical (unpaired) electrons. The topological polar surface area (TPSA) is 248 Å². The minimum atomic E-state index is -2.42. The van der Waals surface area contributed by atoms with Crippen molar-refractivity contribution in [2.45, 2.75) is 0 Å². The highest BCUT2D eigenvalue weighted by atomic mass is 16.7. The summed E-state index contributed by atoms with van der Waals surface area (Å²) < 4.78 is 13.5. The van der Waals surface area contributed by atoms with E-state index < -0.39 is 59.7 Å². The Morgan fingerprint density at radius 1 is 0.346 bits per heavy atom. The van der Waals surface area contributed by atoms with E-state index >= 15 is 0 Å². The highest BCUT2D eigenvalue weighted by Gasteiger charge is 2.34. The van der Waals surface area contributed by atoms with Crippen molar-refractivity contribution < 1.29 is 77.1 Å². The molecule has 0 spiro atoms. The Bertz CT molecular complexity index is 689. The van der Waals surface area contributed by atoms with Crippen LogP contribution in [0.2, 0.25) is 0 Å². The van der Waals surface area contributed by atoms with Gasteiger partial charge in [-0.05, 0) is 0 Å². The average Bonchev–Trinajstić information content (AvgIpc) is 2.53. The van der Waals surface area contributed by atoms with Gasteiger partial charge in [-0.15, -0.1) is 0 Å². The summed E-state index contributed by atoms with van der Waals surface area (Å²) in [6.07, 6.45) is 0. The summed E-state index contributed by atoms with van der Waals surface area (Å²) in [5, 5.41) is 16.1. The van der Waals surface area contributed by atoms with Crippen LogP contribution >= 0.6 is 0 Å². The van der Waals surface area contributed by atoms with Gasteiger partial charge in [0.1, 0.15) is 0 Å². The summed E-state index contributed by atoms with van der Waals surface area (Å²) in [7, 11) is 0. The molecule has 0 saturated heterocycles. The predicted octanol–water partition coefficient (Wildman–Crippen LogP) is -4.57. The molecule has 16 nitrogen and oxygen atoms in total. The molecule has 16 heteroatoms. The number of hydrogen-bond acceptors (Lipinski definition) is 14. The van der Waals surface area contributed by atoms with Crippen LogP contribution in [0.4, 0.5) is 0 Å². The van der Waals surface area contributed by atoms with Crippen LogP contribution in [-0.4, -0.2) is 69.9 Å². The van der Waals surface area contributed by atoms with E-state index in [0.29, 0.717) is 0 Å². The van der Waals surface area contributed by atoms with Crippen LogP contribution in [0.1, 0.15) is 0 Å². The van der Waals surface area contributed by atoms with Crippen LogP contribution < -0.4 is 0 Å². The van der Waals surface area contributed by atoms with Crippen LogP contribution in [-0.2, 0) is 66.9 Å². The molecule has 2 N–H and O–H groups in total. The quantitative estimate of drug-likeness (QED) is 0.174. The Kier molecular flexibility index (Phi) is 7.41. The third kappa shape index (κ3) is 6.73. The van der Waals surface area contributed by atoms with Gasteiger partial charge in [-0.3, -0.25) is 0 Å². The van der Waals surface area contributed by atoms with E-state index in [0.717, 1.165) is 0 Å². The lowest BCUT2D eigenvalue weighted by Crippen LogP contribution is -2.34. The van der Waals surface area contributed by atoms with E-state index in [9.17, 15) is 47.9 Å². The fourth-order valence-corrected chi connectivity index (χ4v) is 0.674. The third-order valence-electron chi connectivity index (χ3n) is 1.59. The zero-order valence-corrected chi connectivity index (χ0v) is 11.6. The molecular weight excluding hydrogens is 376 g/mol. The molecule has 0 aromatic rings. The lowest BCUT2D eigenvalue weighted by molar-refractivity contribution is -0.187. The van der Waals surface area contributed by atoms with E-state index in [1.54, 1.807) is 0 Å². The first-order valence-corrected chi connectivity index (χ1v) is 5.37. The smallest absolute Gasteiger partial charge is 0.426 e. The Hall–Kier alpha value is -4.50. The molecule has 0 aromatic carbocycles. The van der Waals surface area contributed by atoms with Crippen molar-refractivity contribution in [1.29, 1.82) is 0 Å². The molecule has 0 saturated carbocycles. The maximum absolute atomic E-state index is 11.0. The minimum Gasteiger partial charge on any atom is -0.473 e. The van der Waals surface area contributed by atoms with Gasteiger partial charge < -0.3 is 29.2 Å². The number of carboxylic acid groups (broad SMARTS) is 2. The first-order chi connectivity index (χ1) is 11.9. The Morgan fingerprint density at radius 2 is 0.500 bits per heavy atom. The summed E-state index contributed by atoms with van der Waals surface area (Å²) in [6, 6.07) is 0. The molecular formula is C10H2O16. The van der Waals surface area contributed by atoms with E-state index in [2.05, 4.69) is 18.9 Å². The molecule has 0 aliphatic heterocycles. The number of aliphatic carboxylic acids is 2. The number of carbonyl (C=O) groups is 10. The largest absolute Gasteiger partial charge is 0.473 e. The van der Waals surface area contributed by atoms with Crippen molar-refractivity contribution in [3.63, 3.8) is 0 Å². The number of carboxylic acids is 2. The number of rotatable bonds is 0. The monoisotopic (exact) mass is 378 g/mol. The van der Waals surface area contributed by atoms with Gasteiger partial charge in [0.25, 0.3) is 0 Å². The molecule has 138 valence electrons. The molecule has 0 amide bonds. The van der Waals surface area contributed by atoms with E-state index in [4.69, 9.17) is 10.2 Å². The fraction of sp³-hybridized carbons (Fsp3) is 0. The molecule has 26 heavy (non-hydrogen) atoms. The number of carbonyl (C=O) groups excluding carboxylic acids is 8. The SMILES string of the molecule is O=C(O)C(=O)OC(=O)C(=O)OC(=O)C(=O)OC(=O)C(=O)OC(=O)C(=O)O. The number of hydrogen-bond donors (Lipinski definition) is 2. The van der Waals surface area contributed by atoms with Gasteiger partial charge in [-0.1, -0.05) is 0 Å². The first kappa shape index (κ1) is 21.5. The van der Waals surface area contributed by atoms with Crippen LogP contribution in [0.3, 0.4) is 0 Å². The average molecular weight is 378 g/mol. The van der Waals surface area contributed by atoms with Crippen LogP contribution in [0, 0.1) is 0 Å². The normalized spacial score (nSPS) is 9.08. The molecule has 0 unspecified atom stereocenters. The van der Waals surface area contributed by atoms with Crippen molar-refractivity contribution in [3.05, 3.63) is 0 Å². The summed E-state index contributed by atoms with van der Waals surface area (Å²) in [5.74, 6) is -23.3. The molecule has 0 rings (SSSR count). The number of ether oxygens (including phenoxy) is 4. The van der Waals surface area contributed by atoms with Gasteiger partial charge in [0, 0.05) is 0 Å². The van der Waals surface area contributed by atoms with Crippen LogP contribution in [0.15, 0.2) is 0 Å². The zero-order valence-electron chi connectivity index (χ0n) is 11.6. The molecule has 0 fully saturated rings. The lowest BCUT2D eigenvalue weighted by Gasteiger charge is -2.02. The maximum Gasteiger partial charge on any atom is 0.426 e. The fourth-order valence-electron chi connectivity index (χ4n) is 0.674. The van der Waals surface area contributed by atoms with Gasteiger partial charge in [0.05, 0.1) is 0 Å². The highest BCUT2D eigenvalue weighted by molar-refractivity contribution is 6.45. The number of esters is 8. The van der Waals surface area contributed by atoms with Crippen molar-refractivity contribution >= 4 is 59.7 Å². The molecule has 0 atom stereocenters. The summed E-state index contributed by atoms with van der Waals surface area (Å²) >= 11 is 0. The molecule has 0 heterocycles. The summed E-state index contributed by atoms with van der Waals surface area (Å²) in [6.45, 7) is 0. The van der Waals surface area contributed by atoms with Crippen LogP contribution in [0.5, 0.6) is 0 Å². The van der Waals surface area contributed by atoms with Gasteiger partial charge in [-0.2, -0.15) is 0 Å². The van der Waals surface area contributed by atoms with Gasteiger partial charge in [-0.25, -0.2) is 47.9 Å². The second-order valence-corrected chi connectivity index (χ2v) is 3.32. The summed E-state index contributed by atoms with van der Waals surface area (Å²) in [5.41, 5.74) is 0. The minimum absolute atomic E-state index is 2.23. The van der Waals surface area contributed by atoms with Crippen molar-refractivity contribution in [2.75, 3.05) is 0 Å². The van der Waals surface area contributed by atoms with Crippen LogP contribution in [0.25, 0.3) is 0 Å². The van der Waals surface area contributed by atoms with Crippen molar-refractivity contribution in [1.82, 2.24) is 0 Å². The van der Waals surface area contributed by atoms with Crippen molar-refractivity contribution in [2.24, 2.45) is 0 Å². The Morgan fingerprint density at radius 3 is 0.654 bits per heavy atom. The molecule has 0 aromatic heterocycles. The Labute approximate surface area is 138 Å². The molecule has 0 aliphatic rings. The van der Waals surface area contributed by atoms with E-state index in [-0.39, 0.29) is 0 Å². The zero-order chi connectivity index (χ0) is 20.6. The predicted molar refractivity (Wildman–Crippen MR) is 59.7 cm³/mol. The van der Waals surface area contributed by atoms with Gasteiger partial charge in [0.2, 0.25) is 0 Å². The van der Waals surface area contributed by atoms with E-state index in [1.165, 1.54) is 0 Å². The second-order valence-electron chi connectivity index (χ2n) is 3.32. The first-order valence-electron chi connectivity index (χ1n) is 5.37. The maximum atomic E-state index is 11.0. The third-order valence-corrected chi connectivity index (χ3v) is 1.59. The standard InChI is InChI=1S/C10H2O16/c11-1(12)3(15)23-5(17)7(19)25-9(21)10(22)26-8(20)6(18)24-4(16)2(13)14/h(H,11,12)(H,13,14). The van der Waals surface area contributed by atoms with Crippen molar-refractivity contribution in [3.8, 4) is 0 Å². The van der Waals surface area contributed by atoms with E-state index in [1.807, 2.05) is 0 Å². The van der Waals surface area contributed by atoms with Gasteiger partial charge >= 0.3 is 59.7 Å². The lowest BCUT2D eigenvalue weighted by atomic mass is 10.6. The summed E-state index contributed by atoms with van der Waals surface area (Å²) in [4.78, 5) is 106. The van der Waals surface area contributed by atoms with Gasteiger partial charge in [0.15, 0.2) is 0 Å². The Balaban J connectivity index is 4.66. The highest BCUT2D eigenvalue weighted by Crippen LogP contribution is 1.93. The molecule has 0 aliphatic carbocycles. The second kappa shape index (κ2) is 8.96. The molecule has 0 bridgehead atoms.